The quantitative estimate of drug-likeness (QED) is 0.590. The molecule has 1 saturated heterocycles. The monoisotopic (exact) mass is 358 g/mol. The van der Waals surface area contributed by atoms with Crippen LogP contribution < -0.4 is 0 Å². The third-order valence-corrected chi connectivity index (χ3v) is 7.88. The third kappa shape index (κ3) is 3.49. The summed E-state index contributed by atoms with van der Waals surface area (Å²) in [5, 5.41) is 0. The predicted molar refractivity (Wildman–Crippen MR) is 92.6 cm³/mol. The van der Waals surface area contributed by atoms with Gasteiger partial charge in [-0.15, -0.1) is 0 Å². The van der Waals surface area contributed by atoms with Crippen LogP contribution in [0.3, 0.4) is 0 Å². The average Bonchev–Trinajstić information content (AvgIpc) is 3.44. The van der Waals surface area contributed by atoms with E-state index in [4.69, 9.17) is 4.74 Å². The number of ether oxygens (including phenoxy) is 1. The van der Waals surface area contributed by atoms with Gasteiger partial charge in [0.1, 0.15) is 18.5 Å². The minimum Gasteiger partial charge on any atom is -0.373 e. The van der Waals surface area contributed by atoms with E-state index in [1.54, 1.807) is 0 Å². The first-order chi connectivity index (χ1) is 12.1. The van der Waals surface area contributed by atoms with E-state index in [-0.39, 0.29) is 23.9 Å². The fourth-order valence-electron chi connectivity index (χ4n) is 6.41. The summed E-state index contributed by atoms with van der Waals surface area (Å²) in [6.45, 7) is 2.78. The van der Waals surface area contributed by atoms with E-state index in [0.717, 1.165) is 31.6 Å². The lowest BCUT2D eigenvalue weighted by atomic mass is 9.58. The molecule has 0 aromatic rings. The second-order valence-electron chi connectivity index (χ2n) is 9.25. The number of alkyl halides is 3. The fourth-order valence-corrected chi connectivity index (χ4v) is 6.41. The number of halogens is 3. The van der Waals surface area contributed by atoms with Crippen LogP contribution in [0.2, 0.25) is 0 Å². The van der Waals surface area contributed by atoms with Crippen molar-refractivity contribution in [2.45, 2.75) is 89.3 Å². The van der Waals surface area contributed by atoms with Crippen LogP contribution in [-0.4, -0.2) is 31.2 Å². The Bertz CT molecular complexity index is 444. The van der Waals surface area contributed by atoms with Gasteiger partial charge in [0.2, 0.25) is 0 Å². The molecule has 4 heteroatoms. The number of rotatable bonds is 4. The van der Waals surface area contributed by atoms with Crippen LogP contribution in [-0.2, 0) is 4.74 Å². The van der Waals surface area contributed by atoms with Gasteiger partial charge in [-0.3, -0.25) is 0 Å². The summed E-state index contributed by atoms with van der Waals surface area (Å²) in [6.07, 6.45) is 4.99. The summed E-state index contributed by atoms with van der Waals surface area (Å²) in [7, 11) is 0. The van der Waals surface area contributed by atoms with Crippen molar-refractivity contribution in [3.8, 4) is 0 Å². The van der Waals surface area contributed by atoms with Gasteiger partial charge in [-0.1, -0.05) is 32.6 Å². The van der Waals surface area contributed by atoms with Crippen LogP contribution in [0, 0.1) is 35.5 Å². The van der Waals surface area contributed by atoms with E-state index in [0.29, 0.717) is 18.9 Å². The molecular formula is C21H33F3O. The molecule has 25 heavy (non-hydrogen) atoms. The lowest BCUT2D eigenvalue weighted by Crippen LogP contribution is -2.53. The van der Waals surface area contributed by atoms with Crippen molar-refractivity contribution >= 4 is 0 Å². The normalized spacial score (nSPS) is 53.3. The smallest absolute Gasteiger partial charge is 0.137 e. The Morgan fingerprint density at radius 3 is 2.12 bits per heavy atom. The van der Waals surface area contributed by atoms with Gasteiger partial charge in [-0.25, -0.2) is 13.2 Å². The molecule has 1 heterocycles. The van der Waals surface area contributed by atoms with Gasteiger partial charge in [0.05, 0.1) is 12.7 Å². The molecule has 4 rings (SSSR count). The fraction of sp³-hybridized carbons (Fsp3) is 1.00. The zero-order valence-electron chi connectivity index (χ0n) is 15.4. The summed E-state index contributed by atoms with van der Waals surface area (Å²) < 4.78 is 50.0. The summed E-state index contributed by atoms with van der Waals surface area (Å²) in [5.74, 6) is 0.107. The Hall–Kier alpha value is -0.250. The van der Waals surface area contributed by atoms with Gasteiger partial charge >= 0.3 is 0 Å². The standard InChI is InChI=1S/C21H33F3O/c1-2-3-12-4-6-13(7-5-12)15-9-8-14-10-16(17-11-25-17)20(23)21(24)18(14)19(15)22/h12-21H,2-11H2,1H3. The second-order valence-corrected chi connectivity index (χ2v) is 9.25. The summed E-state index contributed by atoms with van der Waals surface area (Å²) >= 11 is 0. The highest BCUT2D eigenvalue weighted by Gasteiger charge is 2.56. The molecule has 8 atom stereocenters. The van der Waals surface area contributed by atoms with Crippen molar-refractivity contribution in [1.29, 1.82) is 0 Å². The number of epoxide rings is 1. The molecule has 1 aliphatic heterocycles. The first kappa shape index (κ1) is 18.1. The van der Waals surface area contributed by atoms with Crippen LogP contribution in [0.5, 0.6) is 0 Å². The molecule has 1 nitrogen and oxygen atoms in total. The lowest BCUT2D eigenvalue weighted by molar-refractivity contribution is -0.0986. The molecule has 0 aromatic carbocycles. The molecule has 8 unspecified atom stereocenters. The van der Waals surface area contributed by atoms with Crippen LogP contribution in [0.25, 0.3) is 0 Å². The topological polar surface area (TPSA) is 12.5 Å². The van der Waals surface area contributed by atoms with Gasteiger partial charge in [0, 0.05) is 11.8 Å². The van der Waals surface area contributed by atoms with Gasteiger partial charge in [-0.2, -0.15) is 0 Å². The van der Waals surface area contributed by atoms with Crippen LogP contribution in [0.1, 0.15) is 64.7 Å². The molecule has 0 bridgehead atoms. The zero-order valence-corrected chi connectivity index (χ0v) is 15.4. The maximum absolute atomic E-state index is 15.3. The second kappa shape index (κ2) is 7.40. The molecular weight excluding hydrogens is 325 g/mol. The van der Waals surface area contributed by atoms with E-state index < -0.39 is 24.4 Å². The number of hydrogen-bond donors (Lipinski definition) is 0. The molecule has 0 N–H and O–H groups in total. The zero-order chi connectivity index (χ0) is 17.6. The molecule has 3 saturated carbocycles. The van der Waals surface area contributed by atoms with Crippen molar-refractivity contribution in [1.82, 2.24) is 0 Å². The summed E-state index contributed by atoms with van der Waals surface area (Å²) in [5.41, 5.74) is 0. The van der Waals surface area contributed by atoms with Gasteiger partial charge in [0.15, 0.2) is 0 Å². The highest BCUT2D eigenvalue weighted by Crippen LogP contribution is 2.53. The van der Waals surface area contributed by atoms with Crippen molar-refractivity contribution in [2.24, 2.45) is 35.5 Å². The molecule has 3 aliphatic carbocycles. The Balaban J connectivity index is 1.39. The van der Waals surface area contributed by atoms with Gasteiger partial charge < -0.3 is 4.74 Å². The molecule has 0 amide bonds. The maximum atomic E-state index is 15.3. The molecule has 4 fully saturated rings. The minimum atomic E-state index is -1.64. The van der Waals surface area contributed by atoms with E-state index in [1.165, 1.54) is 25.7 Å². The third-order valence-electron chi connectivity index (χ3n) is 7.88. The molecule has 0 aromatic heterocycles. The molecule has 0 radical (unpaired) electrons. The van der Waals surface area contributed by atoms with Gasteiger partial charge in [-0.05, 0) is 55.8 Å². The van der Waals surface area contributed by atoms with Crippen LogP contribution in [0.15, 0.2) is 0 Å². The van der Waals surface area contributed by atoms with E-state index in [1.807, 2.05) is 0 Å². The van der Waals surface area contributed by atoms with Crippen molar-refractivity contribution < 1.29 is 17.9 Å². The van der Waals surface area contributed by atoms with E-state index in [2.05, 4.69) is 6.92 Å². The first-order valence-electron chi connectivity index (χ1n) is 10.6. The largest absolute Gasteiger partial charge is 0.373 e. The highest BCUT2D eigenvalue weighted by molar-refractivity contribution is 5.04. The Morgan fingerprint density at radius 1 is 0.800 bits per heavy atom. The van der Waals surface area contributed by atoms with Crippen LogP contribution in [0.4, 0.5) is 13.2 Å². The van der Waals surface area contributed by atoms with Crippen molar-refractivity contribution in [2.75, 3.05) is 6.61 Å². The SMILES string of the molecule is CCCC1CCC(C2CCC3CC(C4CO4)C(F)C(F)C3C2F)CC1. The maximum Gasteiger partial charge on any atom is 0.137 e. The predicted octanol–water partition coefficient (Wildman–Crippen LogP) is 5.67. The minimum absolute atomic E-state index is 0.0129. The van der Waals surface area contributed by atoms with Crippen molar-refractivity contribution in [3.63, 3.8) is 0 Å². The van der Waals surface area contributed by atoms with E-state index in [9.17, 15) is 8.78 Å². The van der Waals surface area contributed by atoms with E-state index >= 15 is 4.39 Å². The Labute approximate surface area is 150 Å². The number of fused-ring (bicyclic) bond motifs is 1. The highest BCUT2D eigenvalue weighted by atomic mass is 19.2. The Kier molecular flexibility index (Phi) is 5.37. The summed E-state index contributed by atoms with van der Waals surface area (Å²) in [4.78, 5) is 0. The Morgan fingerprint density at radius 2 is 1.48 bits per heavy atom. The summed E-state index contributed by atoms with van der Waals surface area (Å²) in [6, 6.07) is 0. The molecule has 0 spiro atoms. The lowest BCUT2D eigenvalue weighted by Gasteiger charge is -2.49. The molecule has 144 valence electrons. The number of hydrogen-bond acceptors (Lipinski definition) is 1. The average molecular weight is 358 g/mol. The van der Waals surface area contributed by atoms with Crippen molar-refractivity contribution in [3.05, 3.63) is 0 Å². The molecule has 4 aliphatic rings. The first-order valence-corrected chi connectivity index (χ1v) is 10.6. The van der Waals surface area contributed by atoms with Crippen LogP contribution >= 0.6 is 0 Å². The van der Waals surface area contributed by atoms with Gasteiger partial charge in [0.25, 0.3) is 0 Å².